The van der Waals surface area contributed by atoms with Crippen LogP contribution in [0.1, 0.15) is 52.4 Å². The van der Waals surface area contributed by atoms with Crippen molar-refractivity contribution in [3.63, 3.8) is 0 Å². The molecule has 0 radical (unpaired) electrons. The highest BCUT2D eigenvalue weighted by atomic mass is 16.3. The van der Waals surface area contributed by atoms with Gasteiger partial charge in [-0.3, -0.25) is 0 Å². The van der Waals surface area contributed by atoms with Gasteiger partial charge in [0, 0.05) is 11.3 Å². The second-order valence-electron chi connectivity index (χ2n) is 6.40. The Hall–Kier alpha value is -0.560. The molecule has 0 heterocycles. The predicted molar refractivity (Wildman–Crippen MR) is 72.7 cm³/mol. The maximum atomic E-state index is 11.3. The smallest absolute Gasteiger partial charge is 0.0771 e. The third-order valence-electron chi connectivity index (χ3n) is 5.58. The lowest BCUT2D eigenvalue weighted by molar-refractivity contribution is -0.167. The van der Waals surface area contributed by atoms with Crippen molar-refractivity contribution in [2.75, 3.05) is 0 Å². The van der Waals surface area contributed by atoms with Crippen LogP contribution < -0.4 is 0 Å². The van der Waals surface area contributed by atoms with Crippen molar-refractivity contribution >= 4 is 0 Å². The molecule has 0 unspecified atom stereocenters. The monoisotopic (exact) mass is 234 g/mol. The van der Waals surface area contributed by atoms with E-state index in [0.717, 1.165) is 32.1 Å². The zero-order chi connectivity index (χ0) is 12.7. The van der Waals surface area contributed by atoms with E-state index in [4.69, 9.17) is 0 Å². The standard InChI is InChI=1S/C16H26O/c1-5-9-15(4)13(3)11-12(2)14-8-6-7-10-16(14,15)17/h5,13-14,17H,1-2,6-11H2,3-4H3/t13-,14-,15-,16-/m1/s1. The van der Waals surface area contributed by atoms with E-state index < -0.39 is 5.60 Å². The molecule has 2 rings (SSSR count). The molecule has 2 aliphatic rings. The normalized spacial score (nSPS) is 46.4. The van der Waals surface area contributed by atoms with E-state index >= 15 is 0 Å². The molecule has 1 N–H and O–H groups in total. The Balaban J connectivity index is 2.42. The number of hydrogen-bond donors (Lipinski definition) is 1. The SMILES string of the molecule is C=CC[C@]1(C)[C@H](C)CC(=C)[C@H]2CCCC[C@@]21O. The minimum Gasteiger partial charge on any atom is -0.389 e. The summed E-state index contributed by atoms with van der Waals surface area (Å²) in [6.45, 7) is 12.6. The zero-order valence-corrected chi connectivity index (χ0v) is 11.3. The summed E-state index contributed by atoms with van der Waals surface area (Å²) >= 11 is 0. The lowest BCUT2D eigenvalue weighted by Gasteiger charge is -2.59. The van der Waals surface area contributed by atoms with E-state index in [-0.39, 0.29) is 5.41 Å². The second kappa shape index (κ2) is 4.28. The van der Waals surface area contributed by atoms with Crippen molar-refractivity contribution in [3.8, 4) is 0 Å². The van der Waals surface area contributed by atoms with Gasteiger partial charge in [-0.15, -0.1) is 6.58 Å². The van der Waals surface area contributed by atoms with Crippen LogP contribution in [-0.4, -0.2) is 10.7 Å². The van der Waals surface area contributed by atoms with Crippen LogP contribution in [0.15, 0.2) is 24.8 Å². The fourth-order valence-corrected chi connectivity index (χ4v) is 4.25. The fraction of sp³-hybridized carbons (Fsp3) is 0.750. The highest BCUT2D eigenvalue weighted by molar-refractivity contribution is 5.22. The van der Waals surface area contributed by atoms with E-state index in [2.05, 4.69) is 27.0 Å². The van der Waals surface area contributed by atoms with Crippen molar-refractivity contribution in [1.29, 1.82) is 0 Å². The summed E-state index contributed by atoms with van der Waals surface area (Å²) in [5.41, 5.74) is 0.705. The molecule has 2 aliphatic carbocycles. The highest BCUT2D eigenvalue weighted by Crippen LogP contribution is 2.59. The molecule has 0 spiro atoms. The predicted octanol–water partition coefficient (Wildman–Crippen LogP) is 4.09. The van der Waals surface area contributed by atoms with Crippen LogP contribution in [0.4, 0.5) is 0 Å². The lowest BCUT2D eigenvalue weighted by atomic mass is 9.49. The molecule has 0 bridgehead atoms. The Morgan fingerprint density at radius 2 is 2.18 bits per heavy atom. The van der Waals surface area contributed by atoms with Gasteiger partial charge in [0.15, 0.2) is 0 Å². The van der Waals surface area contributed by atoms with Crippen LogP contribution in [0.25, 0.3) is 0 Å². The molecule has 96 valence electrons. The van der Waals surface area contributed by atoms with E-state index in [1.165, 1.54) is 12.0 Å². The summed E-state index contributed by atoms with van der Waals surface area (Å²) in [7, 11) is 0. The molecule has 0 aromatic heterocycles. The van der Waals surface area contributed by atoms with Crippen LogP contribution in [0.2, 0.25) is 0 Å². The molecule has 2 saturated carbocycles. The molecule has 4 atom stereocenters. The topological polar surface area (TPSA) is 20.2 Å². The average Bonchev–Trinajstić information content (AvgIpc) is 2.27. The number of hydrogen-bond acceptors (Lipinski definition) is 1. The maximum absolute atomic E-state index is 11.3. The number of rotatable bonds is 2. The molecule has 17 heavy (non-hydrogen) atoms. The third kappa shape index (κ3) is 1.71. The summed E-state index contributed by atoms with van der Waals surface area (Å²) < 4.78 is 0. The number of allylic oxidation sites excluding steroid dienone is 1. The van der Waals surface area contributed by atoms with Gasteiger partial charge in [-0.25, -0.2) is 0 Å². The molecule has 1 heteroatoms. The molecule has 0 saturated heterocycles. The Morgan fingerprint density at radius 3 is 2.82 bits per heavy atom. The first-order chi connectivity index (χ1) is 7.95. The van der Waals surface area contributed by atoms with E-state index in [0.29, 0.717) is 11.8 Å². The molecular weight excluding hydrogens is 208 g/mol. The maximum Gasteiger partial charge on any atom is 0.0771 e. The van der Waals surface area contributed by atoms with Gasteiger partial charge in [-0.2, -0.15) is 0 Å². The fourth-order valence-electron chi connectivity index (χ4n) is 4.25. The van der Waals surface area contributed by atoms with E-state index in [9.17, 15) is 5.11 Å². The van der Waals surface area contributed by atoms with Gasteiger partial charge in [0.05, 0.1) is 5.60 Å². The Morgan fingerprint density at radius 1 is 1.47 bits per heavy atom. The molecule has 0 aromatic rings. The van der Waals surface area contributed by atoms with Gasteiger partial charge >= 0.3 is 0 Å². The third-order valence-corrected chi connectivity index (χ3v) is 5.58. The van der Waals surface area contributed by atoms with Gasteiger partial charge in [-0.05, 0) is 31.6 Å². The average molecular weight is 234 g/mol. The van der Waals surface area contributed by atoms with Crippen LogP contribution in [-0.2, 0) is 0 Å². The molecule has 0 amide bonds. The summed E-state index contributed by atoms with van der Waals surface area (Å²) in [5, 5.41) is 11.3. The van der Waals surface area contributed by atoms with Crippen LogP contribution in [0.5, 0.6) is 0 Å². The van der Waals surface area contributed by atoms with Gasteiger partial charge in [-0.1, -0.05) is 44.9 Å². The van der Waals surface area contributed by atoms with Crippen molar-refractivity contribution in [3.05, 3.63) is 24.8 Å². The number of fused-ring (bicyclic) bond motifs is 1. The van der Waals surface area contributed by atoms with Crippen molar-refractivity contribution in [2.45, 2.75) is 58.0 Å². The Bertz CT molecular complexity index is 332. The van der Waals surface area contributed by atoms with Gasteiger partial charge < -0.3 is 5.11 Å². The molecule has 1 nitrogen and oxygen atoms in total. The van der Waals surface area contributed by atoms with Crippen molar-refractivity contribution in [2.24, 2.45) is 17.3 Å². The van der Waals surface area contributed by atoms with Crippen LogP contribution in [0.3, 0.4) is 0 Å². The molecule has 0 aliphatic heterocycles. The van der Waals surface area contributed by atoms with E-state index in [1.54, 1.807) is 0 Å². The minimum absolute atomic E-state index is 0.0268. The second-order valence-corrected chi connectivity index (χ2v) is 6.40. The summed E-state index contributed by atoms with van der Waals surface area (Å²) in [6, 6.07) is 0. The van der Waals surface area contributed by atoms with Gasteiger partial charge in [0.2, 0.25) is 0 Å². The molecular formula is C16H26O. The quantitative estimate of drug-likeness (QED) is 0.714. The Labute approximate surface area is 106 Å². The largest absolute Gasteiger partial charge is 0.389 e. The molecule has 0 aromatic carbocycles. The van der Waals surface area contributed by atoms with Crippen molar-refractivity contribution in [1.82, 2.24) is 0 Å². The first kappa shape index (κ1) is 12.9. The number of aliphatic hydroxyl groups is 1. The van der Waals surface area contributed by atoms with Crippen molar-refractivity contribution < 1.29 is 5.11 Å². The Kier molecular flexibility index (Phi) is 3.24. The first-order valence-electron chi connectivity index (χ1n) is 6.96. The van der Waals surface area contributed by atoms with Gasteiger partial charge in [0.25, 0.3) is 0 Å². The van der Waals surface area contributed by atoms with Crippen LogP contribution in [0, 0.1) is 17.3 Å². The summed E-state index contributed by atoms with van der Waals surface area (Å²) in [4.78, 5) is 0. The summed E-state index contributed by atoms with van der Waals surface area (Å²) in [6.07, 6.45) is 8.41. The van der Waals surface area contributed by atoms with Gasteiger partial charge in [0.1, 0.15) is 0 Å². The van der Waals surface area contributed by atoms with Crippen LogP contribution >= 0.6 is 0 Å². The summed E-state index contributed by atoms with van der Waals surface area (Å²) in [5.74, 6) is 0.810. The van der Waals surface area contributed by atoms with E-state index in [1.807, 2.05) is 6.08 Å². The zero-order valence-electron chi connectivity index (χ0n) is 11.3. The lowest BCUT2D eigenvalue weighted by Crippen LogP contribution is -2.59. The minimum atomic E-state index is -0.547. The first-order valence-corrected chi connectivity index (χ1v) is 6.96. The molecule has 2 fully saturated rings. The highest BCUT2D eigenvalue weighted by Gasteiger charge is 2.57.